The molecule has 1 heterocycles. The number of hydrogen-bond acceptors (Lipinski definition) is 6. The van der Waals surface area contributed by atoms with E-state index in [0.29, 0.717) is 17.7 Å². The number of aliphatic imine (C=N–C) groups is 1. The Morgan fingerprint density at radius 1 is 0.971 bits per heavy atom. The summed E-state index contributed by atoms with van der Waals surface area (Å²) in [4.78, 5) is 28.7. The average molecular weight is 477 g/mol. The molecule has 8 heteroatoms. The van der Waals surface area contributed by atoms with Crippen molar-refractivity contribution in [1.29, 1.82) is 0 Å². The number of rotatable bonds is 8. The standard InChI is InChI=1S/C27H21F2NO5/c1-2-3-15-33-19-13-9-18(10-14-19)25-30-23(26(31)35-25)16-17-7-11-20(12-8-17)34-27(32)24-21(28)5-4-6-22(24)29/h4-14,16H,2-3,15H2,1H3/b23-16+. The summed E-state index contributed by atoms with van der Waals surface area (Å²) >= 11 is 0. The van der Waals surface area contributed by atoms with Crippen molar-refractivity contribution < 1.29 is 32.6 Å². The molecule has 6 nitrogen and oxygen atoms in total. The van der Waals surface area contributed by atoms with E-state index in [1.165, 1.54) is 18.2 Å². The lowest BCUT2D eigenvalue weighted by atomic mass is 10.2. The van der Waals surface area contributed by atoms with Crippen LogP contribution in [0.15, 0.2) is 77.4 Å². The zero-order valence-corrected chi connectivity index (χ0v) is 18.8. The number of benzene rings is 3. The number of esters is 2. The fourth-order valence-electron chi connectivity index (χ4n) is 3.20. The monoisotopic (exact) mass is 477 g/mol. The van der Waals surface area contributed by atoms with E-state index in [1.807, 2.05) is 0 Å². The zero-order chi connectivity index (χ0) is 24.8. The molecule has 3 aromatic rings. The molecule has 3 aromatic carbocycles. The fourth-order valence-corrected chi connectivity index (χ4v) is 3.20. The molecular weight excluding hydrogens is 456 g/mol. The summed E-state index contributed by atoms with van der Waals surface area (Å²) in [6, 6.07) is 16.2. The molecule has 178 valence electrons. The van der Waals surface area contributed by atoms with Crippen molar-refractivity contribution in [2.24, 2.45) is 4.99 Å². The van der Waals surface area contributed by atoms with Crippen LogP contribution >= 0.6 is 0 Å². The molecule has 0 aromatic heterocycles. The van der Waals surface area contributed by atoms with Crippen LogP contribution in [0, 0.1) is 11.6 Å². The van der Waals surface area contributed by atoms with Crippen LogP contribution in [-0.2, 0) is 9.53 Å². The third-order valence-corrected chi connectivity index (χ3v) is 5.05. The molecular formula is C27H21F2NO5. The van der Waals surface area contributed by atoms with Gasteiger partial charge in [-0.15, -0.1) is 0 Å². The first kappa shape index (κ1) is 23.8. The molecule has 1 aliphatic heterocycles. The van der Waals surface area contributed by atoms with E-state index < -0.39 is 29.1 Å². The molecule has 0 saturated carbocycles. The lowest BCUT2D eigenvalue weighted by Crippen LogP contribution is -2.13. The summed E-state index contributed by atoms with van der Waals surface area (Å²) in [6.45, 7) is 2.72. The van der Waals surface area contributed by atoms with Crippen molar-refractivity contribution >= 4 is 23.9 Å². The molecule has 0 N–H and O–H groups in total. The summed E-state index contributed by atoms with van der Waals surface area (Å²) in [6.07, 6.45) is 3.52. The van der Waals surface area contributed by atoms with Gasteiger partial charge >= 0.3 is 11.9 Å². The number of cyclic esters (lactones) is 1. The quantitative estimate of drug-likeness (QED) is 0.180. The minimum atomic E-state index is -1.15. The third-order valence-electron chi connectivity index (χ3n) is 5.05. The molecule has 0 unspecified atom stereocenters. The number of carbonyl (C=O) groups excluding carboxylic acids is 2. The first-order valence-corrected chi connectivity index (χ1v) is 11.0. The van der Waals surface area contributed by atoms with Crippen LogP contribution in [0.4, 0.5) is 8.78 Å². The highest BCUT2D eigenvalue weighted by atomic mass is 19.1. The van der Waals surface area contributed by atoms with Gasteiger partial charge in [-0.2, -0.15) is 0 Å². The predicted molar refractivity (Wildman–Crippen MR) is 125 cm³/mol. The van der Waals surface area contributed by atoms with Gasteiger partial charge in [0, 0.05) is 5.56 Å². The fraction of sp³-hybridized carbons (Fsp3) is 0.148. The van der Waals surface area contributed by atoms with Gasteiger partial charge in [0.2, 0.25) is 5.90 Å². The number of ether oxygens (including phenoxy) is 3. The molecule has 0 bridgehead atoms. The van der Waals surface area contributed by atoms with Gasteiger partial charge in [0.1, 0.15) is 28.7 Å². The summed E-state index contributed by atoms with van der Waals surface area (Å²) in [5.74, 6) is -2.79. The molecule has 0 aliphatic carbocycles. The van der Waals surface area contributed by atoms with Crippen LogP contribution in [0.3, 0.4) is 0 Å². The number of carbonyl (C=O) groups is 2. The summed E-state index contributed by atoms with van der Waals surface area (Å²) in [7, 11) is 0. The lowest BCUT2D eigenvalue weighted by Gasteiger charge is -2.06. The van der Waals surface area contributed by atoms with Gasteiger partial charge in [0.15, 0.2) is 5.70 Å². The Labute approximate surface area is 200 Å². The molecule has 0 saturated heterocycles. The van der Waals surface area contributed by atoms with Crippen LogP contribution in [0.5, 0.6) is 11.5 Å². The zero-order valence-electron chi connectivity index (χ0n) is 18.8. The number of hydrogen-bond donors (Lipinski definition) is 0. The minimum Gasteiger partial charge on any atom is -0.494 e. The van der Waals surface area contributed by atoms with Crippen molar-refractivity contribution in [3.8, 4) is 11.5 Å². The van der Waals surface area contributed by atoms with Crippen LogP contribution in [0.1, 0.15) is 41.3 Å². The first-order valence-electron chi connectivity index (χ1n) is 11.0. The molecule has 0 fully saturated rings. The second-order valence-electron chi connectivity index (χ2n) is 7.62. The topological polar surface area (TPSA) is 74.2 Å². The Balaban J connectivity index is 1.44. The van der Waals surface area contributed by atoms with E-state index in [-0.39, 0.29) is 17.3 Å². The summed E-state index contributed by atoms with van der Waals surface area (Å²) < 4.78 is 43.5. The number of nitrogens with zero attached hydrogens (tertiary/aromatic N) is 1. The van der Waals surface area contributed by atoms with E-state index in [9.17, 15) is 18.4 Å². The van der Waals surface area contributed by atoms with Crippen LogP contribution < -0.4 is 9.47 Å². The predicted octanol–water partition coefficient (Wildman–Crippen LogP) is 5.71. The lowest BCUT2D eigenvalue weighted by molar-refractivity contribution is -0.129. The second kappa shape index (κ2) is 10.7. The SMILES string of the molecule is CCCCOc1ccc(C2=N/C(=C/c3ccc(OC(=O)c4c(F)cccc4F)cc3)C(=O)O2)cc1. The number of unbranched alkanes of at least 4 members (excludes halogenated alkanes) is 1. The highest BCUT2D eigenvalue weighted by Crippen LogP contribution is 2.23. The molecule has 0 amide bonds. The average Bonchev–Trinajstić information content (AvgIpc) is 3.21. The van der Waals surface area contributed by atoms with Crippen molar-refractivity contribution in [2.45, 2.75) is 19.8 Å². The van der Waals surface area contributed by atoms with Crippen molar-refractivity contribution in [3.05, 3.63) is 101 Å². The normalized spacial score (nSPS) is 14.0. The molecule has 0 spiro atoms. The summed E-state index contributed by atoms with van der Waals surface area (Å²) in [5, 5.41) is 0. The molecule has 0 atom stereocenters. The first-order chi connectivity index (χ1) is 16.9. The van der Waals surface area contributed by atoms with Crippen LogP contribution in [-0.4, -0.2) is 24.4 Å². The Morgan fingerprint density at radius 3 is 2.29 bits per heavy atom. The van der Waals surface area contributed by atoms with Crippen LogP contribution in [0.2, 0.25) is 0 Å². The minimum absolute atomic E-state index is 0.0826. The maximum absolute atomic E-state index is 13.8. The summed E-state index contributed by atoms with van der Waals surface area (Å²) in [5.41, 5.74) is 0.544. The van der Waals surface area contributed by atoms with Crippen LogP contribution in [0.25, 0.3) is 6.08 Å². The van der Waals surface area contributed by atoms with E-state index >= 15 is 0 Å². The highest BCUT2D eigenvalue weighted by molar-refractivity contribution is 6.12. The maximum atomic E-state index is 13.8. The Kier molecular flexibility index (Phi) is 7.30. The van der Waals surface area contributed by atoms with Gasteiger partial charge in [-0.25, -0.2) is 23.4 Å². The van der Waals surface area contributed by atoms with E-state index in [4.69, 9.17) is 14.2 Å². The Morgan fingerprint density at radius 2 is 1.63 bits per heavy atom. The van der Waals surface area contributed by atoms with Crippen molar-refractivity contribution in [1.82, 2.24) is 0 Å². The highest BCUT2D eigenvalue weighted by Gasteiger charge is 2.24. The Bertz CT molecular complexity index is 1280. The molecule has 4 rings (SSSR count). The van der Waals surface area contributed by atoms with Crippen molar-refractivity contribution in [3.63, 3.8) is 0 Å². The molecule has 0 radical (unpaired) electrons. The largest absolute Gasteiger partial charge is 0.494 e. The van der Waals surface area contributed by atoms with Gasteiger partial charge in [-0.1, -0.05) is 31.5 Å². The molecule has 35 heavy (non-hydrogen) atoms. The van der Waals surface area contributed by atoms with E-state index in [2.05, 4.69) is 11.9 Å². The van der Waals surface area contributed by atoms with Gasteiger partial charge in [0.05, 0.1) is 6.61 Å². The van der Waals surface area contributed by atoms with Gasteiger partial charge < -0.3 is 14.2 Å². The van der Waals surface area contributed by atoms with Gasteiger partial charge in [-0.05, 0) is 66.6 Å². The van der Waals surface area contributed by atoms with E-state index in [0.717, 1.165) is 36.8 Å². The van der Waals surface area contributed by atoms with Gasteiger partial charge in [0.25, 0.3) is 0 Å². The number of halogens is 2. The Hall–Kier alpha value is -4.33. The second-order valence-corrected chi connectivity index (χ2v) is 7.62. The smallest absolute Gasteiger partial charge is 0.363 e. The van der Waals surface area contributed by atoms with Crippen molar-refractivity contribution in [2.75, 3.05) is 6.61 Å². The third kappa shape index (κ3) is 5.78. The maximum Gasteiger partial charge on any atom is 0.363 e. The van der Waals surface area contributed by atoms with Gasteiger partial charge in [-0.3, -0.25) is 0 Å². The molecule has 1 aliphatic rings. The van der Waals surface area contributed by atoms with E-state index in [1.54, 1.807) is 36.4 Å².